The van der Waals surface area contributed by atoms with Crippen LogP contribution in [0.2, 0.25) is 10.0 Å². The quantitative estimate of drug-likeness (QED) is 0.645. The Kier molecular flexibility index (Phi) is 4.72. The number of ketones is 1. The standard InChI is InChI=1S/C18H12Cl2OS/c19-15-5-1-12(2-6-15)9-14-11-22-17(18(14)21)10-13-3-7-16(20)8-4-13/h1-10H,11H2. The fraction of sp³-hybridized carbons (Fsp3) is 0.0556. The van der Waals surface area contributed by atoms with Crippen LogP contribution in [0.4, 0.5) is 0 Å². The maximum absolute atomic E-state index is 12.4. The van der Waals surface area contributed by atoms with E-state index >= 15 is 0 Å². The molecule has 0 spiro atoms. The summed E-state index contributed by atoms with van der Waals surface area (Å²) in [7, 11) is 0. The highest BCUT2D eigenvalue weighted by Gasteiger charge is 2.23. The third-order valence-electron chi connectivity index (χ3n) is 3.28. The molecule has 0 amide bonds. The highest BCUT2D eigenvalue weighted by molar-refractivity contribution is 8.05. The summed E-state index contributed by atoms with van der Waals surface area (Å²) in [6, 6.07) is 14.9. The molecule has 3 rings (SSSR count). The van der Waals surface area contributed by atoms with Crippen molar-refractivity contribution in [3.05, 3.63) is 80.2 Å². The highest BCUT2D eigenvalue weighted by atomic mass is 35.5. The summed E-state index contributed by atoms with van der Waals surface area (Å²) in [5.41, 5.74) is 2.78. The minimum Gasteiger partial charge on any atom is -0.288 e. The predicted octanol–water partition coefficient (Wildman–Crippen LogP) is 5.73. The Balaban J connectivity index is 1.82. The summed E-state index contributed by atoms with van der Waals surface area (Å²) in [6.07, 6.45) is 3.83. The molecule has 0 aromatic heterocycles. The molecule has 4 heteroatoms. The zero-order chi connectivity index (χ0) is 15.5. The number of hydrogen-bond donors (Lipinski definition) is 0. The normalized spacial score (nSPS) is 18.4. The van der Waals surface area contributed by atoms with Gasteiger partial charge < -0.3 is 0 Å². The van der Waals surface area contributed by atoms with Crippen molar-refractivity contribution < 1.29 is 4.79 Å². The van der Waals surface area contributed by atoms with Crippen molar-refractivity contribution in [1.29, 1.82) is 0 Å². The number of benzene rings is 2. The summed E-state index contributed by atoms with van der Waals surface area (Å²) < 4.78 is 0. The molecular weight excluding hydrogens is 335 g/mol. The van der Waals surface area contributed by atoms with Crippen LogP contribution in [0.5, 0.6) is 0 Å². The van der Waals surface area contributed by atoms with Gasteiger partial charge in [-0.1, -0.05) is 47.5 Å². The lowest BCUT2D eigenvalue weighted by atomic mass is 10.1. The van der Waals surface area contributed by atoms with Crippen molar-refractivity contribution in [2.45, 2.75) is 0 Å². The molecule has 2 aromatic rings. The molecule has 1 nitrogen and oxygen atoms in total. The van der Waals surface area contributed by atoms with Crippen LogP contribution < -0.4 is 0 Å². The van der Waals surface area contributed by atoms with E-state index in [4.69, 9.17) is 23.2 Å². The van der Waals surface area contributed by atoms with Crippen molar-refractivity contribution in [2.75, 3.05) is 5.75 Å². The van der Waals surface area contributed by atoms with Crippen LogP contribution in [0.15, 0.2) is 59.0 Å². The number of carbonyl (C=O) groups is 1. The van der Waals surface area contributed by atoms with Gasteiger partial charge in [-0.3, -0.25) is 4.79 Å². The summed E-state index contributed by atoms with van der Waals surface area (Å²) in [5, 5.41) is 1.38. The zero-order valence-electron chi connectivity index (χ0n) is 11.6. The molecule has 0 bridgehead atoms. The molecular formula is C18H12Cl2OS. The SMILES string of the molecule is O=C1C(=Cc2ccc(Cl)cc2)CSC1=Cc1ccc(Cl)cc1. The Morgan fingerprint density at radius 2 is 1.32 bits per heavy atom. The van der Waals surface area contributed by atoms with E-state index in [1.54, 1.807) is 11.8 Å². The number of rotatable bonds is 2. The van der Waals surface area contributed by atoms with Gasteiger partial charge in [0.1, 0.15) is 0 Å². The van der Waals surface area contributed by atoms with Crippen LogP contribution in [0.1, 0.15) is 11.1 Å². The first-order valence-corrected chi connectivity index (χ1v) is 8.47. The average molecular weight is 347 g/mol. The molecule has 0 aliphatic carbocycles. The largest absolute Gasteiger partial charge is 0.288 e. The molecule has 0 N–H and O–H groups in total. The first kappa shape index (κ1) is 15.4. The Labute approximate surface area is 143 Å². The van der Waals surface area contributed by atoms with Crippen LogP contribution in [0.3, 0.4) is 0 Å². The fourth-order valence-corrected chi connectivity index (χ4v) is 3.39. The van der Waals surface area contributed by atoms with Crippen LogP contribution in [-0.2, 0) is 4.79 Å². The lowest BCUT2D eigenvalue weighted by Crippen LogP contribution is -1.96. The molecule has 2 aromatic carbocycles. The second-order valence-electron chi connectivity index (χ2n) is 4.90. The smallest absolute Gasteiger partial charge is 0.196 e. The Bertz CT molecular complexity index is 693. The maximum Gasteiger partial charge on any atom is 0.196 e. The molecule has 1 heterocycles. The number of thioether (sulfide) groups is 1. The molecule has 1 aliphatic rings. The van der Waals surface area contributed by atoms with Crippen molar-refractivity contribution >= 4 is 52.9 Å². The zero-order valence-corrected chi connectivity index (χ0v) is 13.9. The van der Waals surface area contributed by atoms with Gasteiger partial charge in [0.05, 0.1) is 4.91 Å². The van der Waals surface area contributed by atoms with Gasteiger partial charge >= 0.3 is 0 Å². The number of carbonyl (C=O) groups excluding carboxylic acids is 1. The Morgan fingerprint density at radius 1 is 0.818 bits per heavy atom. The monoisotopic (exact) mass is 346 g/mol. The fourth-order valence-electron chi connectivity index (χ4n) is 2.13. The second-order valence-corrected chi connectivity index (χ2v) is 6.79. The van der Waals surface area contributed by atoms with E-state index < -0.39 is 0 Å². The van der Waals surface area contributed by atoms with Crippen LogP contribution >= 0.6 is 35.0 Å². The molecule has 22 heavy (non-hydrogen) atoms. The Morgan fingerprint density at radius 3 is 1.86 bits per heavy atom. The summed E-state index contributed by atoms with van der Waals surface area (Å²) in [6.45, 7) is 0. The minimum absolute atomic E-state index is 0.0925. The number of allylic oxidation sites excluding steroid dienone is 1. The average Bonchev–Trinajstić information content (AvgIpc) is 2.85. The van der Waals surface area contributed by atoms with E-state index in [-0.39, 0.29) is 5.78 Å². The van der Waals surface area contributed by atoms with Gasteiger partial charge in [-0.05, 0) is 47.5 Å². The lowest BCUT2D eigenvalue weighted by molar-refractivity contribution is -0.111. The maximum atomic E-state index is 12.4. The summed E-state index contributed by atoms with van der Waals surface area (Å²) in [5.74, 6) is 0.788. The third-order valence-corrected chi connectivity index (χ3v) is 4.85. The minimum atomic E-state index is 0.0925. The van der Waals surface area contributed by atoms with Gasteiger partial charge in [0.2, 0.25) is 0 Å². The topological polar surface area (TPSA) is 17.1 Å². The first-order chi connectivity index (χ1) is 10.6. The molecule has 0 radical (unpaired) electrons. The molecule has 0 unspecified atom stereocenters. The van der Waals surface area contributed by atoms with Gasteiger partial charge in [0.25, 0.3) is 0 Å². The summed E-state index contributed by atoms with van der Waals surface area (Å²) >= 11 is 13.3. The van der Waals surface area contributed by atoms with E-state index in [0.717, 1.165) is 21.6 Å². The van der Waals surface area contributed by atoms with Crippen LogP contribution in [0, 0.1) is 0 Å². The summed E-state index contributed by atoms with van der Waals surface area (Å²) in [4.78, 5) is 13.2. The highest BCUT2D eigenvalue weighted by Crippen LogP contribution is 2.34. The predicted molar refractivity (Wildman–Crippen MR) is 96.3 cm³/mol. The van der Waals surface area contributed by atoms with Gasteiger partial charge in [0.15, 0.2) is 5.78 Å². The number of halogens is 2. The number of hydrogen-bond acceptors (Lipinski definition) is 2. The lowest BCUT2D eigenvalue weighted by Gasteiger charge is -1.97. The molecule has 1 saturated heterocycles. The third kappa shape index (κ3) is 3.64. The van der Waals surface area contributed by atoms with Gasteiger partial charge in [0, 0.05) is 21.4 Å². The van der Waals surface area contributed by atoms with Crippen molar-refractivity contribution in [2.24, 2.45) is 0 Å². The van der Waals surface area contributed by atoms with Crippen molar-refractivity contribution in [3.8, 4) is 0 Å². The van der Waals surface area contributed by atoms with Gasteiger partial charge in [-0.25, -0.2) is 0 Å². The van der Waals surface area contributed by atoms with Crippen LogP contribution in [-0.4, -0.2) is 11.5 Å². The molecule has 0 atom stereocenters. The van der Waals surface area contributed by atoms with E-state index in [2.05, 4.69) is 0 Å². The Hall–Kier alpha value is -1.48. The van der Waals surface area contributed by atoms with E-state index in [9.17, 15) is 4.79 Å². The van der Waals surface area contributed by atoms with Gasteiger partial charge in [-0.15, -0.1) is 11.8 Å². The molecule has 0 saturated carbocycles. The first-order valence-electron chi connectivity index (χ1n) is 6.73. The van der Waals surface area contributed by atoms with Crippen molar-refractivity contribution in [1.82, 2.24) is 0 Å². The number of Topliss-reactive ketones (excluding diaryl/α,β-unsaturated/α-hetero) is 1. The van der Waals surface area contributed by atoms with Crippen molar-refractivity contribution in [3.63, 3.8) is 0 Å². The van der Waals surface area contributed by atoms with E-state index in [0.29, 0.717) is 15.8 Å². The second kappa shape index (κ2) is 6.74. The molecule has 1 fully saturated rings. The molecule has 110 valence electrons. The van der Waals surface area contributed by atoms with Gasteiger partial charge in [-0.2, -0.15) is 0 Å². The van der Waals surface area contributed by atoms with Crippen LogP contribution in [0.25, 0.3) is 12.2 Å². The molecule has 1 aliphatic heterocycles. The van der Waals surface area contributed by atoms with E-state index in [1.165, 1.54) is 0 Å². The van der Waals surface area contributed by atoms with E-state index in [1.807, 2.05) is 60.7 Å².